The van der Waals surface area contributed by atoms with Crippen molar-refractivity contribution in [3.05, 3.63) is 64.5 Å². The maximum Gasteiger partial charge on any atom is 0.249 e. The molecule has 0 radical (unpaired) electrons. The number of hydrogen-bond donors (Lipinski definition) is 1. The standard InChI is InChI=1S/C28H36N4O3/c1-7-16(2)24-26(33)30-23(21-14-19-10-8-9-11-20(19)15-21)27(34)32(24)25(28(35)31(5)6)22-17(3)12-13-29-18(22)4/h8-13,16,21,23-25H,7,14-15H2,1-6H3,(H,30,33)/t16-,23+,24+,25+/m0/s1. The van der Waals surface area contributed by atoms with Crippen molar-refractivity contribution >= 4 is 17.7 Å². The molecule has 1 aromatic heterocycles. The summed E-state index contributed by atoms with van der Waals surface area (Å²) in [7, 11) is 3.38. The third-order valence-electron chi connectivity index (χ3n) is 7.76. The van der Waals surface area contributed by atoms with Crippen molar-refractivity contribution in [2.24, 2.45) is 11.8 Å². The summed E-state index contributed by atoms with van der Waals surface area (Å²) < 4.78 is 0. The molecule has 7 nitrogen and oxygen atoms in total. The number of piperazine rings is 1. The lowest BCUT2D eigenvalue weighted by molar-refractivity contribution is -0.161. The Labute approximate surface area is 207 Å². The molecular weight excluding hydrogens is 440 g/mol. The van der Waals surface area contributed by atoms with Crippen molar-refractivity contribution < 1.29 is 14.4 Å². The van der Waals surface area contributed by atoms with Crippen molar-refractivity contribution in [2.75, 3.05) is 14.1 Å². The van der Waals surface area contributed by atoms with E-state index in [0.29, 0.717) is 17.7 Å². The molecule has 35 heavy (non-hydrogen) atoms. The fraction of sp³-hybridized carbons (Fsp3) is 0.500. The Morgan fingerprint density at radius 3 is 2.31 bits per heavy atom. The average Bonchev–Trinajstić information content (AvgIpc) is 3.26. The number of benzene rings is 1. The van der Waals surface area contributed by atoms with E-state index < -0.39 is 18.1 Å². The number of aryl methyl sites for hydroxylation is 2. The van der Waals surface area contributed by atoms with E-state index in [4.69, 9.17) is 0 Å². The highest BCUT2D eigenvalue weighted by atomic mass is 16.2. The Hall–Kier alpha value is -3.22. The molecule has 0 saturated carbocycles. The summed E-state index contributed by atoms with van der Waals surface area (Å²) in [6.45, 7) is 7.76. The summed E-state index contributed by atoms with van der Waals surface area (Å²) in [5.41, 5.74) is 4.71. The summed E-state index contributed by atoms with van der Waals surface area (Å²) in [6.07, 6.45) is 3.87. The molecule has 1 aliphatic heterocycles. The second kappa shape index (κ2) is 9.80. The fourth-order valence-electron chi connectivity index (χ4n) is 5.66. The molecule has 0 unspecified atom stereocenters. The van der Waals surface area contributed by atoms with Crippen LogP contribution < -0.4 is 5.32 Å². The fourth-order valence-corrected chi connectivity index (χ4v) is 5.66. The van der Waals surface area contributed by atoms with Crippen LogP contribution in [0.4, 0.5) is 0 Å². The molecule has 3 amide bonds. The van der Waals surface area contributed by atoms with Gasteiger partial charge in [-0.1, -0.05) is 44.5 Å². The molecule has 2 aromatic rings. The normalized spacial score (nSPS) is 21.9. The van der Waals surface area contributed by atoms with Gasteiger partial charge in [0.05, 0.1) is 0 Å². The van der Waals surface area contributed by atoms with Crippen molar-refractivity contribution in [2.45, 2.75) is 65.1 Å². The van der Waals surface area contributed by atoms with Gasteiger partial charge in [-0.25, -0.2) is 0 Å². The maximum absolute atomic E-state index is 14.3. The molecule has 2 heterocycles. The van der Waals surface area contributed by atoms with Gasteiger partial charge in [-0.05, 0) is 61.3 Å². The number of rotatable bonds is 6. The zero-order valence-electron chi connectivity index (χ0n) is 21.5. The van der Waals surface area contributed by atoms with Gasteiger partial charge in [-0.15, -0.1) is 0 Å². The summed E-state index contributed by atoms with van der Waals surface area (Å²) in [4.78, 5) is 49.2. The van der Waals surface area contributed by atoms with Crippen LogP contribution in [0, 0.1) is 25.7 Å². The first-order valence-corrected chi connectivity index (χ1v) is 12.5. The van der Waals surface area contributed by atoms with Gasteiger partial charge in [0.1, 0.15) is 18.1 Å². The second-order valence-electron chi connectivity index (χ2n) is 10.3. The molecule has 1 aliphatic carbocycles. The Bertz CT molecular complexity index is 1100. The summed E-state index contributed by atoms with van der Waals surface area (Å²) in [6, 6.07) is 7.72. The van der Waals surface area contributed by atoms with Crippen LogP contribution in [-0.4, -0.2) is 58.7 Å². The second-order valence-corrected chi connectivity index (χ2v) is 10.3. The molecule has 4 rings (SSSR count). The highest BCUT2D eigenvalue weighted by molar-refractivity contribution is 6.00. The smallest absolute Gasteiger partial charge is 0.249 e. The lowest BCUT2D eigenvalue weighted by atomic mass is 9.85. The van der Waals surface area contributed by atoms with E-state index in [-0.39, 0.29) is 29.6 Å². The molecule has 0 bridgehead atoms. The predicted molar refractivity (Wildman–Crippen MR) is 135 cm³/mol. The third-order valence-corrected chi connectivity index (χ3v) is 7.76. The monoisotopic (exact) mass is 476 g/mol. The van der Waals surface area contributed by atoms with E-state index >= 15 is 0 Å². The number of pyridine rings is 1. The minimum absolute atomic E-state index is 0.0459. The van der Waals surface area contributed by atoms with Crippen LogP contribution in [0.2, 0.25) is 0 Å². The molecule has 4 atom stereocenters. The van der Waals surface area contributed by atoms with E-state index in [2.05, 4.69) is 22.4 Å². The Kier molecular flexibility index (Phi) is 6.97. The van der Waals surface area contributed by atoms with Crippen molar-refractivity contribution in [1.29, 1.82) is 0 Å². The molecule has 2 aliphatic rings. The Balaban J connectivity index is 1.82. The SMILES string of the molecule is CC[C@H](C)[C@@H]1C(=O)N[C@H](C2Cc3ccccc3C2)C(=O)N1[C@@H](C(=O)N(C)C)c1c(C)ccnc1C. The summed E-state index contributed by atoms with van der Waals surface area (Å²) >= 11 is 0. The predicted octanol–water partition coefficient (Wildman–Crippen LogP) is 2.98. The van der Waals surface area contributed by atoms with Crippen LogP contribution in [0.15, 0.2) is 36.5 Å². The van der Waals surface area contributed by atoms with E-state index in [1.54, 1.807) is 25.2 Å². The van der Waals surface area contributed by atoms with Crippen molar-refractivity contribution in [3.8, 4) is 0 Å². The third kappa shape index (κ3) is 4.44. The molecule has 1 aromatic carbocycles. The van der Waals surface area contributed by atoms with Crippen molar-refractivity contribution in [1.82, 2.24) is 20.1 Å². The molecule has 7 heteroatoms. The first-order valence-electron chi connectivity index (χ1n) is 12.5. The lowest BCUT2D eigenvalue weighted by Crippen LogP contribution is -2.68. The maximum atomic E-state index is 14.3. The van der Waals surface area contributed by atoms with Gasteiger partial charge in [0.2, 0.25) is 17.7 Å². The number of carbonyl (C=O) groups is 3. The molecule has 1 saturated heterocycles. The van der Waals surface area contributed by atoms with Crippen LogP contribution in [0.25, 0.3) is 0 Å². The molecule has 0 spiro atoms. The highest BCUT2D eigenvalue weighted by Gasteiger charge is 2.51. The quantitative estimate of drug-likeness (QED) is 0.695. The van der Waals surface area contributed by atoms with Gasteiger partial charge in [-0.3, -0.25) is 19.4 Å². The highest BCUT2D eigenvalue weighted by Crippen LogP contribution is 2.37. The van der Waals surface area contributed by atoms with Crippen molar-refractivity contribution in [3.63, 3.8) is 0 Å². The van der Waals surface area contributed by atoms with Crippen LogP contribution in [0.3, 0.4) is 0 Å². The van der Waals surface area contributed by atoms with Crippen LogP contribution in [-0.2, 0) is 27.2 Å². The Morgan fingerprint density at radius 1 is 1.14 bits per heavy atom. The van der Waals surface area contributed by atoms with Gasteiger partial charge < -0.3 is 15.1 Å². The largest absolute Gasteiger partial charge is 0.347 e. The number of nitrogens with one attached hydrogen (secondary N) is 1. The summed E-state index contributed by atoms with van der Waals surface area (Å²) in [5, 5.41) is 3.07. The number of nitrogens with zero attached hydrogens (tertiary/aromatic N) is 3. The first kappa shape index (κ1) is 24.9. The van der Waals surface area contributed by atoms with Gasteiger partial charge in [0.15, 0.2) is 0 Å². The molecule has 1 N–H and O–H groups in total. The topological polar surface area (TPSA) is 82.6 Å². The number of aromatic nitrogens is 1. The number of likely N-dealkylation sites (N-methyl/N-ethyl adjacent to an activating group) is 1. The van der Waals surface area contributed by atoms with Crippen LogP contribution >= 0.6 is 0 Å². The number of fused-ring (bicyclic) bond motifs is 1. The zero-order valence-corrected chi connectivity index (χ0v) is 21.5. The van der Waals surface area contributed by atoms with E-state index in [9.17, 15) is 14.4 Å². The van der Waals surface area contributed by atoms with Gasteiger partial charge >= 0.3 is 0 Å². The molecule has 186 valence electrons. The zero-order chi connectivity index (χ0) is 25.4. The number of carbonyl (C=O) groups excluding carboxylic acids is 3. The average molecular weight is 477 g/mol. The first-order chi connectivity index (χ1) is 16.6. The van der Waals surface area contributed by atoms with Crippen LogP contribution in [0.5, 0.6) is 0 Å². The minimum Gasteiger partial charge on any atom is -0.347 e. The van der Waals surface area contributed by atoms with E-state index in [1.165, 1.54) is 16.0 Å². The minimum atomic E-state index is -0.914. The lowest BCUT2D eigenvalue weighted by Gasteiger charge is -2.47. The summed E-state index contributed by atoms with van der Waals surface area (Å²) in [5.74, 6) is -0.758. The molecular formula is C28H36N4O3. The van der Waals surface area contributed by atoms with Gasteiger partial charge in [-0.2, -0.15) is 0 Å². The van der Waals surface area contributed by atoms with Gasteiger partial charge in [0, 0.05) is 31.5 Å². The van der Waals surface area contributed by atoms with E-state index in [1.807, 2.05) is 45.9 Å². The molecule has 1 fully saturated rings. The van der Waals surface area contributed by atoms with Crippen LogP contribution in [0.1, 0.15) is 54.3 Å². The number of amides is 3. The Morgan fingerprint density at radius 2 is 1.77 bits per heavy atom. The van der Waals surface area contributed by atoms with E-state index in [0.717, 1.165) is 18.4 Å². The van der Waals surface area contributed by atoms with Gasteiger partial charge in [0.25, 0.3) is 0 Å². The number of hydrogen-bond acceptors (Lipinski definition) is 4.